The molecule has 3 N–H and O–H groups in total. The highest BCUT2D eigenvalue weighted by Crippen LogP contribution is 2.22. The van der Waals surface area contributed by atoms with E-state index in [1.54, 1.807) is 19.2 Å². The molecule has 5 nitrogen and oxygen atoms in total. The number of para-hydroxylation sites is 2. The van der Waals surface area contributed by atoms with Gasteiger partial charge < -0.3 is 20.5 Å². The molecule has 2 aromatic carbocycles. The van der Waals surface area contributed by atoms with Crippen LogP contribution in [0.3, 0.4) is 0 Å². The summed E-state index contributed by atoms with van der Waals surface area (Å²) in [6.45, 7) is 2.33. The van der Waals surface area contributed by atoms with Crippen molar-refractivity contribution < 1.29 is 9.47 Å². The van der Waals surface area contributed by atoms with E-state index in [2.05, 4.69) is 10.3 Å². The van der Waals surface area contributed by atoms with Crippen molar-refractivity contribution in [2.75, 3.05) is 19.0 Å². The number of methoxy groups -OCH3 is 1. The zero-order valence-electron chi connectivity index (χ0n) is 13.5. The van der Waals surface area contributed by atoms with Gasteiger partial charge in [0.2, 0.25) is 0 Å². The van der Waals surface area contributed by atoms with Gasteiger partial charge in [-0.1, -0.05) is 29.8 Å². The van der Waals surface area contributed by atoms with E-state index in [0.29, 0.717) is 29.0 Å². The van der Waals surface area contributed by atoms with Crippen molar-refractivity contribution in [1.82, 2.24) is 0 Å². The molecule has 0 saturated heterocycles. The number of aliphatic imine (C=N–C) groups is 1. The Morgan fingerprint density at radius 3 is 2.71 bits per heavy atom. The van der Waals surface area contributed by atoms with Gasteiger partial charge in [0.05, 0.1) is 19.3 Å². The molecule has 0 aliphatic rings. The Bertz CT molecular complexity index is 682. The number of nitrogens with zero attached hydrogens (tertiary/aromatic N) is 1. The number of benzene rings is 2. The summed E-state index contributed by atoms with van der Waals surface area (Å²) in [6, 6.07) is 14.7. The second-order valence-electron chi connectivity index (χ2n) is 4.94. The molecule has 2 aromatic rings. The van der Waals surface area contributed by atoms with Crippen LogP contribution in [0.5, 0.6) is 11.5 Å². The van der Waals surface area contributed by atoms with Crippen LogP contribution in [-0.4, -0.2) is 25.7 Å². The average molecular weight is 462 g/mol. The van der Waals surface area contributed by atoms with Crippen molar-refractivity contribution in [2.45, 2.75) is 13.0 Å². The summed E-state index contributed by atoms with van der Waals surface area (Å²) in [5.41, 5.74) is 6.67. The minimum Gasteiger partial charge on any atom is -0.495 e. The number of hydrogen-bond acceptors (Lipinski definition) is 3. The second kappa shape index (κ2) is 10.2. The number of nitrogens with two attached hydrogens (primary N) is 1. The third-order valence-corrected chi connectivity index (χ3v) is 3.26. The molecule has 0 saturated carbocycles. The lowest BCUT2D eigenvalue weighted by atomic mass is 10.3. The van der Waals surface area contributed by atoms with Crippen molar-refractivity contribution in [1.29, 1.82) is 0 Å². The largest absolute Gasteiger partial charge is 0.495 e. The van der Waals surface area contributed by atoms with Gasteiger partial charge in [-0.15, -0.1) is 24.0 Å². The second-order valence-corrected chi connectivity index (χ2v) is 5.37. The molecule has 130 valence electrons. The van der Waals surface area contributed by atoms with E-state index >= 15 is 0 Å². The molecule has 24 heavy (non-hydrogen) atoms. The van der Waals surface area contributed by atoms with Gasteiger partial charge in [0.15, 0.2) is 5.96 Å². The molecule has 0 aliphatic heterocycles. The fourth-order valence-electron chi connectivity index (χ4n) is 1.96. The number of guanidine groups is 1. The van der Waals surface area contributed by atoms with E-state index in [0.717, 1.165) is 5.69 Å². The Labute approximate surface area is 164 Å². The predicted molar refractivity (Wildman–Crippen MR) is 110 cm³/mol. The first-order chi connectivity index (χ1) is 11.1. The van der Waals surface area contributed by atoms with Gasteiger partial charge in [0, 0.05) is 5.02 Å². The molecule has 0 aromatic heterocycles. The van der Waals surface area contributed by atoms with Gasteiger partial charge in [-0.2, -0.15) is 0 Å². The lowest BCUT2D eigenvalue weighted by molar-refractivity contribution is 0.230. The zero-order chi connectivity index (χ0) is 16.7. The fraction of sp³-hybridized carbons (Fsp3) is 0.235. The number of nitrogens with one attached hydrogen (secondary N) is 1. The first-order valence-electron chi connectivity index (χ1n) is 7.20. The Morgan fingerprint density at radius 1 is 1.25 bits per heavy atom. The Hall–Kier alpha value is -1.67. The number of rotatable bonds is 6. The molecule has 0 amide bonds. The van der Waals surface area contributed by atoms with Crippen LogP contribution in [-0.2, 0) is 0 Å². The van der Waals surface area contributed by atoms with Crippen LogP contribution < -0.4 is 20.5 Å². The summed E-state index contributed by atoms with van der Waals surface area (Å²) < 4.78 is 11.0. The number of anilines is 1. The van der Waals surface area contributed by atoms with Gasteiger partial charge >= 0.3 is 0 Å². The minimum absolute atomic E-state index is 0. The lowest BCUT2D eigenvalue weighted by Gasteiger charge is -2.14. The summed E-state index contributed by atoms with van der Waals surface area (Å²) >= 11 is 5.93. The van der Waals surface area contributed by atoms with E-state index in [1.165, 1.54) is 0 Å². The topological polar surface area (TPSA) is 68.9 Å². The van der Waals surface area contributed by atoms with Crippen LogP contribution in [0.15, 0.2) is 53.5 Å². The van der Waals surface area contributed by atoms with E-state index in [4.69, 9.17) is 26.8 Å². The molecule has 0 spiro atoms. The van der Waals surface area contributed by atoms with Crippen molar-refractivity contribution in [3.63, 3.8) is 0 Å². The summed E-state index contributed by atoms with van der Waals surface area (Å²) in [5.74, 6) is 1.71. The van der Waals surface area contributed by atoms with Crippen molar-refractivity contribution in [2.24, 2.45) is 10.7 Å². The monoisotopic (exact) mass is 461 g/mol. The van der Waals surface area contributed by atoms with Crippen LogP contribution in [0.4, 0.5) is 5.69 Å². The molecule has 1 atom stereocenters. The first kappa shape index (κ1) is 20.4. The maximum atomic E-state index is 5.93. The first-order valence-corrected chi connectivity index (χ1v) is 7.58. The summed E-state index contributed by atoms with van der Waals surface area (Å²) in [6.07, 6.45) is -0.133. The molecule has 0 aliphatic carbocycles. The fourth-order valence-corrected chi connectivity index (χ4v) is 2.14. The van der Waals surface area contributed by atoms with Crippen molar-refractivity contribution in [3.05, 3.63) is 53.6 Å². The molecule has 0 radical (unpaired) electrons. The van der Waals surface area contributed by atoms with Crippen LogP contribution in [0.25, 0.3) is 0 Å². The van der Waals surface area contributed by atoms with E-state index < -0.39 is 0 Å². The zero-order valence-corrected chi connectivity index (χ0v) is 16.6. The van der Waals surface area contributed by atoms with E-state index in [1.807, 2.05) is 43.3 Å². The highest BCUT2D eigenvalue weighted by atomic mass is 127. The molecule has 0 heterocycles. The highest BCUT2D eigenvalue weighted by molar-refractivity contribution is 14.0. The molecule has 1 unspecified atom stereocenters. The maximum absolute atomic E-state index is 5.93. The molecule has 7 heteroatoms. The van der Waals surface area contributed by atoms with Crippen molar-refractivity contribution >= 4 is 47.2 Å². The highest BCUT2D eigenvalue weighted by Gasteiger charge is 2.06. The minimum atomic E-state index is -0.133. The Kier molecular flexibility index (Phi) is 8.70. The third-order valence-electron chi connectivity index (χ3n) is 3.02. The molecule has 0 bridgehead atoms. The quantitative estimate of drug-likeness (QED) is 0.385. The molecular formula is C17H21ClIN3O2. The maximum Gasteiger partial charge on any atom is 0.193 e. The van der Waals surface area contributed by atoms with Crippen LogP contribution in [0.2, 0.25) is 5.02 Å². The van der Waals surface area contributed by atoms with Gasteiger partial charge in [-0.25, -0.2) is 4.99 Å². The lowest BCUT2D eigenvalue weighted by Crippen LogP contribution is -2.26. The third kappa shape index (κ3) is 6.45. The SMILES string of the molecule is COc1ccccc1NC(N)=NCC(C)Oc1cccc(Cl)c1.I. The normalized spacial score (nSPS) is 12.0. The molecule has 0 fully saturated rings. The van der Waals surface area contributed by atoms with E-state index in [9.17, 15) is 0 Å². The Balaban J connectivity index is 0.00000288. The van der Waals surface area contributed by atoms with Crippen molar-refractivity contribution in [3.8, 4) is 11.5 Å². The van der Waals surface area contributed by atoms with Gasteiger partial charge in [-0.05, 0) is 37.3 Å². The van der Waals surface area contributed by atoms with E-state index in [-0.39, 0.29) is 30.1 Å². The molecular weight excluding hydrogens is 441 g/mol. The smallest absolute Gasteiger partial charge is 0.193 e. The standard InChI is InChI=1S/C17H20ClN3O2.HI/c1-12(23-14-7-5-6-13(18)10-14)11-20-17(19)21-15-8-3-4-9-16(15)22-2;/h3-10,12H,11H2,1-2H3,(H3,19,20,21);1H. The summed E-state index contributed by atoms with van der Waals surface area (Å²) in [5, 5.41) is 3.65. The molecule has 2 rings (SSSR count). The summed E-state index contributed by atoms with van der Waals surface area (Å²) in [4.78, 5) is 4.28. The number of hydrogen-bond donors (Lipinski definition) is 2. The van der Waals surface area contributed by atoms with Crippen LogP contribution >= 0.6 is 35.6 Å². The average Bonchev–Trinajstić information content (AvgIpc) is 2.53. The Morgan fingerprint density at radius 2 is 2.00 bits per heavy atom. The number of halogens is 2. The number of ether oxygens (including phenoxy) is 2. The van der Waals surface area contributed by atoms with Gasteiger partial charge in [0.1, 0.15) is 17.6 Å². The van der Waals surface area contributed by atoms with Crippen LogP contribution in [0, 0.1) is 0 Å². The summed E-state index contributed by atoms with van der Waals surface area (Å²) in [7, 11) is 1.61. The van der Waals surface area contributed by atoms with Crippen LogP contribution in [0.1, 0.15) is 6.92 Å². The predicted octanol–water partition coefficient (Wildman–Crippen LogP) is 4.16. The van der Waals surface area contributed by atoms with Gasteiger partial charge in [-0.3, -0.25) is 0 Å². The van der Waals surface area contributed by atoms with Gasteiger partial charge in [0.25, 0.3) is 0 Å².